The van der Waals surface area contributed by atoms with Gasteiger partial charge in [-0.1, -0.05) is 18.2 Å². The third-order valence-corrected chi connectivity index (χ3v) is 3.91. The van der Waals surface area contributed by atoms with Gasteiger partial charge in [0.1, 0.15) is 11.6 Å². The van der Waals surface area contributed by atoms with Gasteiger partial charge in [0.05, 0.1) is 11.0 Å². The first kappa shape index (κ1) is 16.2. The highest BCUT2D eigenvalue weighted by Gasteiger charge is 2.13. The van der Waals surface area contributed by atoms with Crippen LogP contribution in [0.5, 0.6) is 0 Å². The third kappa shape index (κ3) is 3.30. The first-order chi connectivity index (χ1) is 11.6. The van der Waals surface area contributed by atoms with Crippen LogP contribution in [0, 0.1) is 5.82 Å². The molecule has 0 aliphatic rings. The van der Waals surface area contributed by atoms with E-state index >= 15 is 0 Å². The van der Waals surface area contributed by atoms with Crippen molar-refractivity contribution in [3.05, 3.63) is 65.7 Å². The molecule has 0 saturated carbocycles. The summed E-state index contributed by atoms with van der Waals surface area (Å²) in [6.07, 6.45) is 0.619. The second kappa shape index (κ2) is 6.83. The molecule has 3 aromatic rings. The number of rotatable bonds is 5. The lowest BCUT2D eigenvalue weighted by atomic mass is 10.2. The number of para-hydroxylation sites is 2. The van der Waals surface area contributed by atoms with Gasteiger partial charge in [0.15, 0.2) is 0 Å². The average Bonchev–Trinajstić information content (AvgIpc) is 2.93. The van der Waals surface area contributed by atoms with E-state index in [9.17, 15) is 9.18 Å². The minimum absolute atomic E-state index is 0.276. The van der Waals surface area contributed by atoms with E-state index in [-0.39, 0.29) is 11.9 Å². The van der Waals surface area contributed by atoms with Crippen LogP contribution in [-0.2, 0) is 6.42 Å². The van der Waals surface area contributed by atoms with Crippen molar-refractivity contribution in [1.29, 1.82) is 0 Å². The van der Waals surface area contributed by atoms with Gasteiger partial charge in [-0.15, -0.1) is 0 Å². The lowest BCUT2D eigenvalue weighted by molar-refractivity contribution is 0.0953. The van der Waals surface area contributed by atoms with Gasteiger partial charge in [0.25, 0.3) is 5.91 Å². The number of nitrogens with zero attached hydrogens (tertiary/aromatic N) is 2. The third-order valence-electron chi connectivity index (χ3n) is 3.91. The van der Waals surface area contributed by atoms with Crippen LogP contribution < -0.4 is 5.32 Å². The Kier molecular flexibility index (Phi) is 4.60. The van der Waals surface area contributed by atoms with E-state index in [1.165, 1.54) is 18.2 Å². The van der Waals surface area contributed by atoms with E-state index in [1.807, 2.05) is 18.2 Å². The molecule has 0 saturated heterocycles. The topological polar surface area (TPSA) is 46.9 Å². The van der Waals surface area contributed by atoms with Crippen molar-refractivity contribution in [2.45, 2.75) is 26.3 Å². The number of fused-ring (bicyclic) bond motifs is 1. The maximum Gasteiger partial charge on any atom is 0.251 e. The highest BCUT2D eigenvalue weighted by Crippen LogP contribution is 2.21. The molecule has 1 N–H and O–H groups in total. The molecular formula is C19H20FN3O. The molecule has 3 rings (SSSR count). The fourth-order valence-electron chi connectivity index (χ4n) is 2.87. The quantitative estimate of drug-likeness (QED) is 0.777. The Bertz CT molecular complexity index is 870. The largest absolute Gasteiger partial charge is 0.352 e. The molecule has 0 atom stereocenters. The van der Waals surface area contributed by atoms with Gasteiger partial charge in [0.2, 0.25) is 0 Å². The standard InChI is InChI=1S/C19H20FN3O/c1-13(2)23-17-9-4-3-8-16(17)22-18(23)10-11-21-19(24)14-6-5-7-15(20)12-14/h3-9,12-13H,10-11H2,1-2H3,(H,21,24). The van der Waals surface area contributed by atoms with Gasteiger partial charge in [0, 0.05) is 24.6 Å². The van der Waals surface area contributed by atoms with Crippen molar-refractivity contribution in [3.63, 3.8) is 0 Å². The highest BCUT2D eigenvalue weighted by atomic mass is 19.1. The molecule has 2 aromatic carbocycles. The van der Waals surface area contributed by atoms with Gasteiger partial charge in [-0.3, -0.25) is 4.79 Å². The second-order valence-corrected chi connectivity index (χ2v) is 6.00. The van der Waals surface area contributed by atoms with Gasteiger partial charge >= 0.3 is 0 Å². The van der Waals surface area contributed by atoms with E-state index in [0.29, 0.717) is 18.5 Å². The number of carbonyl (C=O) groups excluding carboxylic acids is 1. The van der Waals surface area contributed by atoms with Gasteiger partial charge < -0.3 is 9.88 Å². The van der Waals surface area contributed by atoms with Crippen LogP contribution in [0.1, 0.15) is 36.1 Å². The molecule has 24 heavy (non-hydrogen) atoms. The number of amides is 1. The molecule has 1 aromatic heterocycles. The number of hydrogen-bond donors (Lipinski definition) is 1. The molecule has 1 heterocycles. The number of aromatic nitrogens is 2. The van der Waals surface area contributed by atoms with E-state index in [4.69, 9.17) is 0 Å². The Morgan fingerprint density at radius 1 is 1.21 bits per heavy atom. The average molecular weight is 325 g/mol. The minimum Gasteiger partial charge on any atom is -0.352 e. The van der Waals surface area contributed by atoms with Crippen LogP contribution in [0.3, 0.4) is 0 Å². The lowest BCUT2D eigenvalue weighted by Gasteiger charge is -2.13. The summed E-state index contributed by atoms with van der Waals surface area (Å²) < 4.78 is 15.4. The van der Waals surface area contributed by atoms with E-state index in [0.717, 1.165) is 16.9 Å². The maximum absolute atomic E-state index is 13.2. The Hall–Kier alpha value is -2.69. The monoisotopic (exact) mass is 325 g/mol. The lowest BCUT2D eigenvalue weighted by Crippen LogP contribution is -2.26. The molecule has 0 spiro atoms. The summed E-state index contributed by atoms with van der Waals surface area (Å²) >= 11 is 0. The summed E-state index contributed by atoms with van der Waals surface area (Å²) in [7, 11) is 0. The molecular weight excluding hydrogens is 305 g/mol. The molecule has 0 aliphatic carbocycles. The molecule has 0 fully saturated rings. The van der Waals surface area contributed by atoms with Gasteiger partial charge in [-0.25, -0.2) is 9.37 Å². The van der Waals surface area contributed by atoms with Crippen LogP contribution >= 0.6 is 0 Å². The molecule has 0 unspecified atom stereocenters. The highest BCUT2D eigenvalue weighted by molar-refractivity contribution is 5.94. The zero-order chi connectivity index (χ0) is 17.1. The van der Waals surface area contributed by atoms with E-state index < -0.39 is 5.82 Å². The van der Waals surface area contributed by atoms with Crippen molar-refractivity contribution < 1.29 is 9.18 Å². The Labute approximate surface area is 140 Å². The fourth-order valence-corrected chi connectivity index (χ4v) is 2.87. The van der Waals surface area contributed by atoms with Crippen LogP contribution in [-0.4, -0.2) is 22.0 Å². The Morgan fingerprint density at radius 3 is 2.75 bits per heavy atom. The van der Waals surface area contributed by atoms with Crippen molar-refractivity contribution >= 4 is 16.9 Å². The number of benzene rings is 2. The number of hydrogen-bond acceptors (Lipinski definition) is 2. The minimum atomic E-state index is -0.413. The van der Waals surface area contributed by atoms with Crippen molar-refractivity contribution in [2.24, 2.45) is 0 Å². The van der Waals surface area contributed by atoms with Crippen LogP contribution in [0.25, 0.3) is 11.0 Å². The van der Waals surface area contributed by atoms with Crippen LogP contribution in [0.4, 0.5) is 4.39 Å². The second-order valence-electron chi connectivity index (χ2n) is 6.00. The number of nitrogens with one attached hydrogen (secondary N) is 1. The molecule has 0 radical (unpaired) electrons. The summed E-state index contributed by atoms with van der Waals surface area (Å²) in [4.78, 5) is 16.7. The first-order valence-electron chi connectivity index (χ1n) is 8.06. The van der Waals surface area contributed by atoms with Gasteiger partial charge in [-0.05, 0) is 44.2 Å². The summed E-state index contributed by atoms with van der Waals surface area (Å²) in [5, 5.41) is 2.83. The smallest absolute Gasteiger partial charge is 0.251 e. The maximum atomic E-state index is 13.2. The SMILES string of the molecule is CC(C)n1c(CCNC(=O)c2cccc(F)c2)nc2ccccc21. The molecule has 4 nitrogen and oxygen atoms in total. The van der Waals surface area contributed by atoms with Gasteiger partial charge in [-0.2, -0.15) is 0 Å². The molecule has 0 bridgehead atoms. The number of imidazole rings is 1. The normalized spacial score (nSPS) is 11.2. The summed E-state index contributed by atoms with van der Waals surface area (Å²) in [5.74, 6) is 0.247. The van der Waals surface area contributed by atoms with Crippen LogP contribution in [0.15, 0.2) is 48.5 Å². The predicted molar refractivity (Wildman–Crippen MR) is 92.6 cm³/mol. The summed E-state index contributed by atoms with van der Waals surface area (Å²) in [6.45, 7) is 4.68. The summed E-state index contributed by atoms with van der Waals surface area (Å²) in [5.41, 5.74) is 2.38. The Balaban J connectivity index is 1.72. The molecule has 5 heteroatoms. The van der Waals surface area contributed by atoms with Crippen molar-refractivity contribution in [1.82, 2.24) is 14.9 Å². The summed E-state index contributed by atoms with van der Waals surface area (Å²) in [6, 6.07) is 14.0. The molecule has 0 aliphatic heterocycles. The van der Waals surface area contributed by atoms with Crippen molar-refractivity contribution in [3.8, 4) is 0 Å². The van der Waals surface area contributed by atoms with E-state index in [1.54, 1.807) is 6.07 Å². The molecule has 124 valence electrons. The van der Waals surface area contributed by atoms with Crippen LogP contribution in [0.2, 0.25) is 0 Å². The fraction of sp³-hybridized carbons (Fsp3) is 0.263. The number of carbonyl (C=O) groups is 1. The zero-order valence-electron chi connectivity index (χ0n) is 13.8. The first-order valence-corrected chi connectivity index (χ1v) is 8.06. The van der Waals surface area contributed by atoms with E-state index in [2.05, 4.69) is 34.8 Å². The number of halogens is 1. The Morgan fingerprint density at radius 2 is 2.00 bits per heavy atom. The predicted octanol–water partition coefficient (Wildman–Crippen LogP) is 3.73. The van der Waals surface area contributed by atoms with Crippen molar-refractivity contribution in [2.75, 3.05) is 6.54 Å². The zero-order valence-corrected chi connectivity index (χ0v) is 13.8. The molecule has 1 amide bonds.